The van der Waals surface area contributed by atoms with Gasteiger partial charge in [-0.25, -0.2) is 13.2 Å². The first-order chi connectivity index (χ1) is 10.1. The van der Waals surface area contributed by atoms with Crippen LogP contribution in [0.5, 0.6) is 0 Å². The second-order valence-corrected chi connectivity index (χ2v) is 4.29. The second kappa shape index (κ2) is 4.93. The number of hydrogen-bond donors (Lipinski definition) is 1. The van der Waals surface area contributed by atoms with E-state index in [1.54, 1.807) is 0 Å². The Hall–Kier alpha value is -2.83. The molecule has 0 atom stereocenters. The summed E-state index contributed by atoms with van der Waals surface area (Å²) in [7, 11) is 0. The zero-order valence-corrected chi connectivity index (χ0v) is 10.5. The van der Waals surface area contributed by atoms with Gasteiger partial charge < -0.3 is 10.3 Å². The van der Waals surface area contributed by atoms with Crippen LogP contribution in [0, 0.1) is 17.5 Å². The maximum Gasteiger partial charge on any atom is 0.179 e. The summed E-state index contributed by atoms with van der Waals surface area (Å²) >= 11 is 0. The maximum absolute atomic E-state index is 13.8. The largest absolute Gasteiger partial charge is 0.380 e. The normalized spacial score (nSPS) is 10.8. The molecule has 0 amide bonds. The molecule has 3 aromatic rings. The SMILES string of the molecule is Nc1noc(-c2ccncc2F)c1-c1cc(F)cc(F)c1. The Bertz CT molecular complexity index is 797. The van der Waals surface area contributed by atoms with Gasteiger partial charge in [-0.3, -0.25) is 4.98 Å². The molecule has 0 saturated carbocycles. The summed E-state index contributed by atoms with van der Waals surface area (Å²) in [5.41, 5.74) is 5.96. The van der Waals surface area contributed by atoms with E-state index in [1.165, 1.54) is 12.3 Å². The van der Waals surface area contributed by atoms with Gasteiger partial charge in [0, 0.05) is 12.3 Å². The number of benzene rings is 1. The lowest BCUT2D eigenvalue weighted by Crippen LogP contribution is -1.92. The van der Waals surface area contributed by atoms with Crippen LogP contribution in [0.3, 0.4) is 0 Å². The van der Waals surface area contributed by atoms with Gasteiger partial charge in [-0.15, -0.1) is 0 Å². The zero-order valence-electron chi connectivity index (χ0n) is 10.5. The average Bonchev–Trinajstić information content (AvgIpc) is 2.80. The maximum atomic E-state index is 13.8. The molecular weight excluding hydrogens is 283 g/mol. The Morgan fingerprint density at radius 1 is 1.05 bits per heavy atom. The standard InChI is InChI=1S/C14H8F3N3O/c15-8-3-7(4-9(16)5-8)12-13(21-20-14(12)18)10-1-2-19-6-11(10)17/h1-6H,(H2,18,20). The molecule has 0 aliphatic rings. The fourth-order valence-electron chi connectivity index (χ4n) is 2.02. The lowest BCUT2D eigenvalue weighted by molar-refractivity contribution is 0.433. The molecule has 4 nitrogen and oxygen atoms in total. The monoisotopic (exact) mass is 291 g/mol. The zero-order chi connectivity index (χ0) is 15.0. The van der Waals surface area contributed by atoms with Crippen molar-refractivity contribution in [1.29, 1.82) is 0 Å². The van der Waals surface area contributed by atoms with Crippen molar-refractivity contribution in [3.05, 3.63) is 54.1 Å². The van der Waals surface area contributed by atoms with Gasteiger partial charge in [-0.2, -0.15) is 0 Å². The van der Waals surface area contributed by atoms with Crippen molar-refractivity contribution in [1.82, 2.24) is 10.1 Å². The molecule has 2 N–H and O–H groups in total. The van der Waals surface area contributed by atoms with Crippen molar-refractivity contribution in [2.24, 2.45) is 0 Å². The number of pyridine rings is 1. The van der Waals surface area contributed by atoms with Crippen LogP contribution in [0.2, 0.25) is 0 Å². The highest BCUT2D eigenvalue weighted by atomic mass is 19.1. The number of rotatable bonds is 2. The van der Waals surface area contributed by atoms with Crippen LogP contribution >= 0.6 is 0 Å². The minimum absolute atomic E-state index is 0.0163. The molecule has 1 aromatic carbocycles. The number of nitrogen functional groups attached to an aromatic ring is 1. The Kier molecular flexibility index (Phi) is 3.09. The number of nitrogens with two attached hydrogens (primary N) is 1. The molecule has 0 unspecified atom stereocenters. The summed E-state index contributed by atoms with van der Waals surface area (Å²) in [5, 5.41) is 3.54. The van der Waals surface area contributed by atoms with Crippen molar-refractivity contribution >= 4 is 5.82 Å². The molecular formula is C14H8F3N3O. The summed E-state index contributed by atoms with van der Waals surface area (Å²) in [6.45, 7) is 0. The molecule has 0 aliphatic carbocycles. The van der Waals surface area contributed by atoms with Crippen molar-refractivity contribution in [2.75, 3.05) is 5.73 Å². The van der Waals surface area contributed by atoms with Crippen molar-refractivity contribution in [3.63, 3.8) is 0 Å². The van der Waals surface area contributed by atoms with Gasteiger partial charge in [-0.05, 0) is 23.8 Å². The van der Waals surface area contributed by atoms with Gasteiger partial charge in [0.25, 0.3) is 0 Å². The highest BCUT2D eigenvalue weighted by molar-refractivity contribution is 5.86. The van der Waals surface area contributed by atoms with Gasteiger partial charge in [-0.1, -0.05) is 5.16 Å². The molecule has 0 saturated heterocycles. The minimum atomic E-state index is -0.785. The Morgan fingerprint density at radius 2 is 1.76 bits per heavy atom. The molecule has 2 heterocycles. The molecule has 0 spiro atoms. The van der Waals surface area contributed by atoms with Crippen molar-refractivity contribution < 1.29 is 17.7 Å². The van der Waals surface area contributed by atoms with E-state index in [-0.39, 0.29) is 28.3 Å². The lowest BCUT2D eigenvalue weighted by Gasteiger charge is -2.04. The first-order valence-corrected chi connectivity index (χ1v) is 5.88. The molecule has 0 aliphatic heterocycles. The number of anilines is 1. The van der Waals surface area contributed by atoms with Gasteiger partial charge in [0.05, 0.1) is 17.3 Å². The Labute approximate surface area is 117 Å². The number of halogens is 3. The third-order valence-electron chi connectivity index (χ3n) is 2.89. The molecule has 2 aromatic heterocycles. The summed E-state index contributed by atoms with van der Waals surface area (Å²) in [5.74, 6) is -2.34. The molecule has 21 heavy (non-hydrogen) atoms. The lowest BCUT2D eigenvalue weighted by atomic mass is 10.0. The van der Waals surface area contributed by atoms with Crippen LogP contribution in [-0.2, 0) is 0 Å². The quantitative estimate of drug-likeness (QED) is 0.786. The predicted molar refractivity (Wildman–Crippen MR) is 69.5 cm³/mol. The molecule has 3 rings (SSSR count). The summed E-state index contributed by atoms with van der Waals surface area (Å²) in [6.07, 6.45) is 2.34. The summed E-state index contributed by atoms with van der Waals surface area (Å²) in [4.78, 5) is 3.62. The van der Waals surface area contributed by atoms with Gasteiger partial charge in [0.1, 0.15) is 11.6 Å². The Morgan fingerprint density at radius 3 is 2.43 bits per heavy atom. The Balaban J connectivity index is 2.25. The van der Waals surface area contributed by atoms with Gasteiger partial charge >= 0.3 is 0 Å². The van der Waals surface area contributed by atoms with E-state index in [9.17, 15) is 13.2 Å². The third kappa shape index (κ3) is 2.33. The molecule has 0 radical (unpaired) electrons. The van der Waals surface area contributed by atoms with E-state index >= 15 is 0 Å². The van der Waals surface area contributed by atoms with E-state index < -0.39 is 17.5 Å². The van der Waals surface area contributed by atoms with Crippen LogP contribution in [0.15, 0.2) is 41.2 Å². The minimum Gasteiger partial charge on any atom is -0.380 e. The smallest absolute Gasteiger partial charge is 0.179 e. The van der Waals surface area contributed by atoms with Crippen LogP contribution in [-0.4, -0.2) is 10.1 Å². The fraction of sp³-hybridized carbons (Fsp3) is 0. The average molecular weight is 291 g/mol. The fourth-order valence-corrected chi connectivity index (χ4v) is 2.02. The molecule has 106 valence electrons. The van der Waals surface area contributed by atoms with Crippen molar-refractivity contribution in [2.45, 2.75) is 0 Å². The van der Waals surface area contributed by atoms with Crippen LogP contribution in [0.4, 0.5) is 19.0 Å². The third-order valence-corrected chi connectivity index (χ3v) is 2.89. The van der Waals surface area contributed by atoms with Crippen LogP contribution < -0.4 is 5.73 Å². The first kappa shape index (κ1) is 13.2. The van der Waals surface area contributed by atoms with E-state index in [4.69, 9.17) is 10.3 Å². The van der Waals surface area contributed by atoms with Gasteiger partial charge in [0.15, 0.2) is 17.4 Å². The molecule has 0 bridgehead atoms. The number of aromatic nitrogens is 2. The second-order valence-electron chi connectivity index (χ2n) is 4.29. The number of nitrogens with zero attached hydrogens (tertiary/aromatic N) is 2. The summed E-state index contributed by atoms with van der Waals surface area (Å²) < 4.78 is 45.5. The van der Waals surface area contributed by atoms with Crippen molar-refractivity contribution in [3.8, 4) is 22.5 Å². The van der Waals surface area contributed by atoms with E-state index in [2.05, 4.69) is 10.1 Å². The molecule has 0 fully saturated rings. The summed E-state index contributed by atoms with van der Waals surface area (Å²) in [6, 6.07) is 4.21. The van der Waals surface area contributed by atoms with Crippen LogP contribution in [0.1, 0.15) is 0 Å². The van der Waals surface area contributed by atoms with E-state index in [0.29, 0.717) is 0 Å². The van der Waals surface area contributed by atoms with E-state index in [0.717, 1.165) is 24.4 Å². The highest BCUT2D eigenvalue weighted by Crippen LogP contribution is 2.37. The topological polar surface area (TPSA) is 64.9 Å². The van der Waals surface area contributed by atoms with Crippen LogP contribution in [0.25, 0.3) is 22.5 Å². The first-order valence-electron chi connectivity index (χ1n) is 5.88. The highest BCUT2D eigenvalue weighted by Gasteiger charge is 2.21. The van der Waals surface area contributed by atoms with Gasteiger partial charge in [0.2, 0.25) is 0 Å². The number of hydrogen-bond acceptors (Lipinski definition) is 4. The molecule has 7 heteroatoms. The predicted octanol–water partition coefficient (Wildman–Crippen LogP) is 3.40. The van der Waals surface area contributed by atoms with E-state index in [1.807, 2.05) is 0 Å².